The molecular weight excluding hydrogens is 410 g/mol. The molecule has 0 fully saturated rings. The third-order valence-electron chi connectivity index (χ3n) is 4.31. The summed E-state index contributed by atoms with van der Waals surface area (Å²) in [4.78, 5) is 32.6. The van der Waals surface area contributed by atoms with Gasteiger partial charge in [-0.3, -0.25) is 14.6 Å². The molecule has 1 aromatic heterocycles. The molecule has 0 aliphatic rings. The Hall–Kier alpha value is -2.53. The molecule has 0 aliphatic heterocycles. The van der Waals surface area contributed by atoms with E-state index in [-0.39, 0.29) is 12.3 Å². The van der Waals surface area contributed by atoms with Crippen molar-refractivity contribution in [3.8, 4) is 0 Å². The third kappa shape index (κ3) is 7.71. The van der Waals surface area contributed by atoms with E-state index in [0.29, 0.717) is 24.3 Å². The van der Waals surface area contributed by atoms with Crippen LogP contribution in [0.4, 0.5) is 0 Å². The monoisotopic (exact) mass is 434 g/mol. The van der Waals surface area contributed by atoms with Gasteiger partial charge in [-0.1, -0.05) is 23.7 Å². The summed E-state index contributed by atoms with van der Waals surface area (Å²) in [5.41, 5.74) is 1.06. The van der Waals surface area contributed by atoms with Crippen LogP contribution in [-0.2, 0) is 16.0 Å². The van der Waals surface area contributed by atoms with Gasteiger partial charge in [0.05, 0.1) is 18.7 Å². The number of halogens is 1. The van der Waals surface area contributed by atoms with E-state index in [9.17, 15) is 19.6 Å². The van der Waals surface area contributed by atoms with Crippen molar-refractivity contribution in [3.63, 3.8) is 0 Å². The number of nitrogens with one attached hydrogen (secondary N) is 2. The molecule has 1 aromatic carbocycles. The Morgan fingerprint density at radius 3 is 2.70 bits per heavy atom. The summed E-state index contributed by atoms with van der Waals surface area (Å²) < 4.78 is 5.01. The highest BCUT2D eigenvalue weighted by Crippen LogP contribution is 2.13. The zero-order valence-corrected chi connectivity index (χ0v) is 17.2. The summed E-state index contributed by atoms with van der Waals surface area (Å²) in [6.45, 7) is -0.103. The first-order chi connectivity index (χ1) is 14.4. The van der Waals surface area contributed by atoms with Crippen LogP contribution in [0.1, 0.15) is 28.9 Å². The number of benzene rings is 1. The molecule has 0 aliphatic carbocycles. The van der Waals surface area contributed by atoms with Crippen molar-refractivity contribution < 1.29 is 24.4 Å². The summed E-state index contributed by atoms with van der Waals surface area (Å²) in [5, 5.41) is 25.0. The Morgan fingerprint density at radius 2 is 2.07 bits per heavy atom. The second-order valence-corrected chi connectivity index (χ2v) is 7.06. The Balaban J connectivity index is 1.93. The standard InChI is InChI=1S/C19H24BClN4O5/c1-30-12-16(24-18(26)15-11-22-8-9-23-15)19(27)25-17(20(28)29)7-3-5-13-4-2-6-14(21)10-13/h2,4,6,8-11,16-17,28-29H,3,5,7,12H2,1H3,(H,24,26)(H,25,27). The first kappa shape index (κ1) is 23.8. The summed E-state index contributed by atoms with van der Waals surface area (Å²) in [5.74, 6) is -2.11. The van der Waals surface area contributed by atoms with Gasteiger partial charge in [-0.2, -0.15) is 0 Å². The summed E-state index contributed by atoms with van der Waals surface area (Å²) in [6, 6.07) is 6.33. The number of rotatable bonds is 11. The predicted molar refractivity (Wildman–Crippen MR) is 112 cm³/mol. The second-order valence-electron chi connectivity index (χ2n) is 6.62. The van der Waals surface area contributed by atoms with E-state index >= 15 is 0 Å². The fourth-order valence-corrected chi connectivity index (χ4v) is 3.01. The first-order valence-corrected chi connectivity index (χ1v) is 9.75. The number of methoxy groups -OCH3 is 1. The molecule has 30 heavy (non-hydrogen) atoms. The maximum Gasteiger partial charge on any atom is 0.475 e. The van der Waals surface area contributed by atoms with E-state index in [1.807, 2.05) is 18.2 Å². The van der Waals surface area contributed by atoms with Crippen LogP contribution in [0.25, 0.3) is 0 Å². The minimum atomic E-state index is -1.76. The van der Waals surface area contributed by atoms with Gasteiger partial charge in [0.1, 0.15) is 11.7 Å². The Kier molecular flexibility index (Phi) is 9.69. The predicted octanol–water partition coefficient (Wildman–Crippen LogP) is 0.395. The number of ether oxygens (including phenoxy) is 1. The van der Waals surface area contributed by atoms with Crippen molar-refractivity contribution in [3.05, 3.63) is 59.1 Å². The van der Waals surface area contributed by atoms with Crippen LogP contribution in [0, 0.1) is 0 Å². The molecule has 2 unspecified atom stereocenters. The van der Waals surface area contributed by atoms with Crippen LogP contribution < -0.4 is 10.6 Å². The molecule has 2 rings (SSSR count). The number of hydrogen-bond donors (Lipinski definition) is 4. The van der Waals surface area contributed by atoms with Crippen LogP contribution in [-0.4, -0.2) is 64.6 Å². The normalized spacial score (nSPS) is 12.7. The average Bonchev–Trinajstić information content (AvgIpc) is 2.73. The van der Waals surface area contributed by atoms with Crippen molar-refractivity contribution in [1.29, 1.82) is 0 Å². The Morgan fingerprint density at radius 1 is 1.27 bits per heavy atom. The van der Waals surface area contributed by atoms with Gasteiger partial charge in [0, 0.05) is 24.5 Å². The maximum atomic E-state index is 12.6. The first-order valence-electron chi connectivity index (χ1n) is 9.37. The quantitative estimate of drug-likeness (QED) is 0.376. The fourth-order valence-electron chi connectivity index (χ4n) is 2.80. The molecular formula is C19H24BClN4O5. The van der Waals surface area contributed by atoms with Crippen LogP contribution >= 0.6 is 11.6 Å². The largest absolute Gasteiger partial charge is 0.475 e. The van der Waals surface area contributed by atoms with Gasteiger partial charge in [0.15, 0.2) is 0 Å². The van der Waals surface area contributed by atoms with Crippen molar-refractivity contribution in [1.82, 2.24) is 20.6 Å². The number of nitrogens with zero attached hydrogens (tertiary/aromatic N) is 2. The molecule has 9 nitrogen and oxygen atoms in total. The SMILES string of the molecule is COCC(NC(=O)c1cnccn1)C(=O)NC(CCCc1cccc(Cl)c1)B(O)O. The number of amides is 2. The minimum absolute atomic E-state index is 0.0478. The van der Waals surface area contributed by atoms with Gasteiger partial charge in [0.25, 0.3) is 5.91 Å². The molecule has 2 aromatic rings. The Labute approximate surface area is 180 Å². The lowest BCUT2D eigenvalue weighted by Gasteiger charge is -2.22. The van der Waals surface area contributed by atoms with Crippen LogP contribution in [0.15, 0.2) is 42.9 Å². The van der Waals surface area contributed by atoms with Crippen molar-refractivity contribution in [2.45, 2.75) is 31.2 Å². The number of hydrogen-bond acceptors (Lipinski definition) is 7. The van der Waals surface area contributed by atoms with Gasteiger partial charge in [0.2, 0.25) is 5.91 Å². The van der Waals surface area contributed by atoms with E-state index < -0.39 is 30.9 Å². The summed E-state index contributed by atoms with van der Waals surface area (Å²) >= 11 is 5.96. The number of aromatic nitrogens is 2. The van der Waals surface area contributed by atoms with Crippen LogP contribution in [0.2, 0.25) is 5.02 Å². The zero-order valence-electron chi connectivity index (χ0n) is 16.5. The van der Waals surface area contributed by atoms with Gasteiger partial charge in [-0.15, -0.1) is 0 Å². The highest BCUT2D eigenvalue weighted by Gasteiger charge is 2.29. The highest BCUT2D eigenvalue weighted by molar-refractivity contribution is 6.43. The molecule has 2 atom stereocenters. The lowest BCUT2D eigenvalue weighted by Crippen LogP contribution is -2.55. The molecule has 0 saturated carbocycles. The Bertz CT molecular complexity index is 828. The van der Waals surface area contributed by atoms with E-state index in [2.05, 4.69) is 20.6 Å². The van der Waals surface area contributed by atoms with Gasteiger partial charge < -0.3 is 25.4 Å². The van der Waals surface area contributed by atoms with E-state index in [4.69, 9.17) is 16.3 Å². The smallest absolute Gasteiger partial charge is 0.426 e. The van der Waals surface area contributed by atoms with Gasteiger partial charge >= 0.3 is 7.12 Å². The molecule has 11 heteroatoms. The molecule has 0 saturated heterocycles. The molecule has 0 spiro atoms. The van der Waals surface area contributed by atoms with Gasteiger partial charge in [-0.05, 0) is 37.0 Å². The van der Waals surface area contributed by atoms with Gasteiger partial charge in [-0.25, -0.2) is 4.98 Å². The molecule has 2 amide bonds. The molecule has 1 heterocycles. The molecule has 0 bridgehead atoms. The third-order valence-corrected chi connectivity index (χ3v) is 4.54. The molecule has 4 N–H and O–H groups in total. The highest BCUT2D eigenvalue weighted by atomic mass is 35.5. The van der Waals surface area contributed by atoms with E-state index in [1.165, 1.54) is 25.7 Å². The number of aryl methyl sites for hydroxylation is 1. The molecule has 160 valence electrons. The lowest BCUT2D eigenvalue weighted by molar-refractivity contribution is -0.124. The van der Waals surface area contributed by atoms with Crippen LogP contribution in [0.5, 0.6) is 0 Å². The van der Waals surface area contributed by atoms with Crippen molar-refractivity contribution in [2.24, 2.45) is 0 Å². The fraction of sp³-hybridized carbons (Fsp3) is 0.368. The number of carbonyl (C=O) groups is 2. The topological polar surface area (TPSA) is 134 Å². The zero-order chi connectivity index (χ0) is 21.9. The maximum absolute atomic E-state index is 12.6. The second kappa shape index (κ2) is 12.2. The minimum Gasteiger partial charge on any atom is -0.426 e. The lowest BCUT2D eigenvalue weighted by atomic mass is 9.76. The molecule has 0 radical (unpaired) electrons. The van der Waals surface area contributed by atoms with Crippen molar-refractivity contribution in [2.75, 3.05) is 13.7 Å². The van der Waals surface area contributed by atoms with Crippen LogP contribution in [0.3, 0.4) is 0 Å². The van der Waals surface area contributed by atoms with Crippen molar-refractivity contribution >= 4 is 30.5 Å². The van der Waals surface area contributed by atoms with E-state index in [0.717, 1.165) is 5.56 Å². The summed E-state index contributed by atoms with van der Waals surface area (Å²) in [6.07, 6.45) is 5.61. The summed E-state index contributed by atoms with van der Waals surface area (Å²) in [7, 11) is -0.370. The average molecular weight is 435 g/mol. The number of carbonyl (C=O) groups excluding carboxylic acids is 2. The van der Waals surface area contributed by atoms with E-state index in [1.54, 1.807) is 6.07 Å².